The first-order valence-corrected chi connectivity index (χ1v) is 4.88. The lowest BCUT2D eigenvalue weighted by Gasteiger charge is -2.07. The summed E-state index contributed by atoms with van der Waals surface area (Å²) >= 11 is 0. The molecule has 1 aromatic carbocycles. The number of rotatable bonds is 3. The Labute approximate surface area is 95.9 Å². The fourth-order valence-corrected chi connectivity index (χ4v) is 1.63. The van der Waals surface area contributed by atoms with Crippen molar-refractivity contribution in [3.05, 3.63) is 34.4 Å². The SMILES string of the molecule is COc1cc2nc[nH]c(=O)c2cc1CC(=O)O. The van der Waals surface area contributed by atoms with E-state index in [4.69, 9.17) is 9.84 Å². The molecular weight excluding hydrogens is 224 g/mol. The summed E-state index contributed by atoms with van der Waals surface area (Å²) < 4.78 is 5.08. The minimum absolute atomic E-state index is 0.201. The fourth-order valence-electron chi connectivity index (χ4n) is 1.63. The Morgan fingerprint density at radius 3 is 2.94 bits per heavy atom. The molecular formula is C11H10N2O4. The summed E-state index contributed by atoms with van der Waals surface area (Å²) in [5.74, 6) is -0.569. The standard InChI is InChI=1S/C11H10N2O4/c1-17-9-4-8-7(11(16)13-5-12-8)2-6(9)3-10(14)15/h2,4-5H,3H2,1H3,(H,14,15)(H,12,13,16). The smallest absolute Gasteiger partial charge is 0.307 e. The third-order valence-corrected chi connectivity index (χ3v) is 2.38. The molecule has 0 aliphatic carbocycles. The molecule has 88 valence electrons. The van der Waals surface area contributed by atoms with E-state index < -0.39 is 5.97 Å². The number of nitrogens with one attached hydrogen (secondary N) is 1. The first kappa shape index (κ1) is 11.1. The van der Waals surface area contributed by atoms with E-state index in [1.54, 1.807) is 6.07 Å². The number of H-pyrrole nitrogens is 1. The summed E-state index contributed by atoms with van der Waals surface area (Å²) in [5.41, 5.74) is 0.620. The lowest BCUT2D eigenvalue weighted by Crippen LogP contribution is -2.09. The zero-order chi connectivity index (χ0) is 12.4. The van der Waals surface area contributed by atoms with Crippen LogP contribution in [0.5, 0.6) is 5.75 Å². The summed E-state index contributed by atoms with van der Waals surface area (Å²) in [7, 11) is 1.44. The number of nitrogens with zero attached hydrogens (tertiary/aromatic N) is 1. The van der Waals surface area contributed by atoms with Gasteiger partial charge in [-0.1, -0.05) is 0 Å². The molecule has 0 amide bonds. The molecule has 0 radical (unpaired) electrons. The molecule has 0 saturated carbocycles. The number of hydrogen-bond donors (Lipinski definition) is 2. The van der Waals surface area contributed by atoms with Gasteiger partial charge in [0.15, 0.2) is 0 Å². The molecule has 0 aliphatic rings. The predicted molar refractivity (Wildman–Crippen MR) is 60.3 cm³/mol. The molecule has 0 saturated heterocycles. The van der Waals surface area contributed by atoms with Crippen molar-refractivity contribution in [1.82, 2.24) is 9.97 Å². The monoisotopic (exact) mass is 234 g/mol. The molecule has 6 heteroatoms. The number of aromatic amines is 1. The van der Waals surface area contributed by atoms with Crippen LogP contribution in [0.3, 0.4) is 0 Å². The van der Waals surface area contributed by atoms with Gasteiger partial charge in [-0.2, -0.15) is 0 Å². The van der Waals surface area contributed by atoms with E-state index in [1.807, 2.05) is 0 Å². The van der Waals surface area contributed by atoms with Gasteiger partial charge in [-0.15, -0.1) is 0 Å². The average molecular weight is 234 g/mol. The van der Waals surface area contributed by atoms with Crippen molar-refractivity contribution in [1.29, 1.82) is 0 Å². The van der Waals surface area contributed by atoms with Crippen LogP contribution < -0.4 is 10.3 Å². The second-order valence-corrected chi connectivity index (χ2v) is 3.48. The van der Waals surface area contributed by atoms with Crippen LogP contribution in [0, 0.1) is 0 Å². The topological polar surface area (TPSA) is 92.3 Å². The molecule has 1 aromatic heterocycles. The van der Waals surface area contributed by atoms with Gasteiger partial charge in [0.05, 0.1) is 30.8 Å². The van der Waals surface area contributed by atoms with Crippen molar-refractivity contribution in [3.8, 4) is 5.75 Å². The number of hydrogen-bond acceptors (Lipinski definition) is 4. The van der Waals surface area contributed by atoms with E-state index in [1.165, 1.54) is 19.5 Å². The van der Waals surface area contributed by atoms with Crippen LogP contribution in [-0.2, 0) is 11.2 Å². The third-order valence-electron chi connectivity index (χ3n) is 2.38. The number of carboxylic acids is 1. The van der Waals surface area contributed by atoms with Crippen molar-refractivity contribution < 1.29 is 14.6 Å². The van der Waals surface area contributed by atoms with Crippen molar-refractivity contribution in [2.24, 2.45) is 0 Å². The van der Waals surface area contributed by atoms with Gasteiger partial charge < -0.3 is 14.8 Å². The van der Waals surface area contributed by atoms with Gasteiger partial charge in [-0.3, -0.25) is 9.59 Å². The molecule has 6 nitrogen and oxygen atoms in total. The summed E-state index contributed by atoms with van der Waals surface area (Å²) in [6, 6.07) is 3.05. The molecule has 0 aliphatic heterocycles. The Morgan fingerprint density at radius 2 is 2.29 bits per heavy atom. The summed E-state index contributed by atoms with van der Waals surface area (Å²) in [4.78, 5) is 28.7. The molecule has 2 N–H and O–H groups in total. The largest absolute Gasteiger partial charge is 0.496 e. The molecule has 0 spiro atoms. The Bertz CT molecular complexity index is 633. The van der Waals surface area contributed by atoms with E-state index in [-0.39, 0.29) is 12.0 Å². The molecule has 0 atom stereocenters. The number of aromatic nitrogens is 2. The lowest BCUT2D eigenvalue weighted by atomic mass is 10.1. The fraction of sp³-hybridized carbons (Fsp3) is 0.182. The van der Waals surface area contributed by atoms with Crippen LogP contribution >= 0.6 is 0 Å². The molecule has 0 fully saturated rings. The first-order valence-electron chi connectivity index (χ1n) is 4.88. The molecule has 17 heavy (non-hydrogen) atoms. The molecule has 0 bridgehead atoms. The maximum Gasteiger partial charge on any atom is 0.307 e. The highest BCUT2D eigenvalue weighted by Crippen LogP contribution is 2.23. The number of fused-ring (bicyclic) bond motifs is 1. The van der Waals surface area contributed by atoms with Gasteiger partial charge in [0.25, 0.3) is 5.56 Å². The molecule has 2 aromatic rings. The van der Waals surface area contributed by atoms with Crippen LogP contribution in [0.4, 0.5) is 0 Å². The van der Waals surface area contributed by atoms with Gasteiger partial charge >= 0.3 is 5.97 Å². The van der Waals surface area contributed by atoms with Crippen molar-refractivity contribution >= 4 is 16.9 Å². The maximum absolute atomic E-state index is 11.5. The second-order valence-electron chi connectivity index (χ2n) is 3.48. The van der Waals surface area contributed by atoms with Gasteiger partial charge in [0.1, 0.15) is 5.75 Å². The number of carboxylic acid groups (broad SMARTS) is 1. The Kier molecular flexibility index (Phi) is 2.78. The predicted octanol–water partition coefficient (Wildman–Crippen LogP) is 0.559. The Balaban J connectivity index is 2.69. The zero-order valence-electron chi connectivity index (χ0n) is 9.06. The number of carbonyl (C=O) groups is 1. The second kappa shape index (κ2) is 4.25. The molecule has 0 unspecified atom stereocenters. The molecule has 2 rings (SSSR count). The van der Waals surface area contributed by atoms with Crippen molar-refractivity contribution in [2.75, 3.05) is 7.11 Å². The van der Waals surface area contributed by atoms with Crippen molar-refractivity contribution in [3.63, 3.8) is 0 Å². The average Bonchev–Trinajstić information content (AvgIpc) is 2.29. The normalized spacial score (nSPS) is 10.4. The van der Waals surface area contributed by atoms with Crippen LogP contribution in [0.2, 0.25) is 0 Å². The number of methoxy groups -OCH3 is 1. The summed E-state index contributed by atoms with van der Waals surface area (Å²) in [6.45, 7) is 0. The highest BCUT2D eigenvalue weighted by Gasteiger charge is 2.11. The number of benzene rings is 1. The Hall–Kier alpha value is -2.37. The van der Waals surface area contributed by atoms with Gasteiger partial charge in [0, 0.05) is 11.6 Å². The number of aliphatic carboxylic acids is 1. The maximum atomic E-state index is 11.5. The van der Waals surface area contributed by atoms with Crippen LogP contribution in [0.15, 0.2) is 23.3 Å². The van der Waals surface area contributed by atoms with Crippen LogP contribution in [0.1, 0.15) is 5.56 Å². The summed E-state index contributed by atoms with van der Waals surface area (Å²) in [6.07, 6.45) is 1.09. The minimum atomic E-state index is -0.983. The van der Waals surface area contributed by atoms with Gasteiger partial charge in [-0.25, -0.2) is 4.98 Å². The highest BCUT2D eigenvalue weighted by atomic mass is 16.5. The van der Waals surface area contributed by atoms with Gasteiger partial charge in [-0.05, 0) is 6.07 Å². The summed E-state index contributed by atoms with van der Waals surface area (Å²) in [5, 5.41) is 9.12. The highest BCUT2D eigenvalue weighted by molar-refractivity contribution is 5.82. The quantitative estimate of drug-likeness (QED) is 0.809. The van der Waals surface area contributed by atoms with Crippen LogP contribution in [0.25, 0.3) is 10.9 Å². The number of ether oxygens (including phenoxy) is 1. The lowest BCUT2D eigenvalue weighted by molar-refractivity contribution is -0.136. The Morgan fingerprint density at radius 1 is 1.53 bits per heavy atom. The van der Waals surface area contributed by atoms with E-state index in [0.29, 0.717) is 22.2 Å². The van der Waals surface area contributed by atoms with E-state index in [0.717, 1.165) is 0 Å². The minimum Gasteiger partial charge on any atom is -0.496 e. The first-order chi connectivity index (χ1) is 8.11. The van der Waals surface area contributed by atoms with Crippen LogP contribution in [-0.4, -0.2) is 28.2 Å². The third kappa shape index (κ3) is 2.10. The molecule has 1 heterocycles. The van der Waals surface area contributed by atoms with E-state index in [2.05, 4.69) is 9.97 Å². The van der Waals surface area contributed by atoms with Gasteiger partial charge in [0.2, 0.25) is 0 Å². The van der Waals surface area contributed by atoms with E-state index in [9.17, 15) is 9.59 Å². The zero-order valence-corrected chi connectivity index (χ0v) is 9.06. The van der Waals surface area contributed by atoms with E-state index >= 15 is 0 Å². The van der Waals surface area contributed by atoms with Crippen molar-refractivity contribution in [2.45, 2.75) is 6.42 Å².